The Balaban J connectivity index is 2.01. The lowest BCUT2D eigenvalue weighted by molar-refractivity contribution is -0.132. The Labute approximate surface area is 171 Å². The molecule has 162 valence electrons. The summed E-state index contributed by atoms with van der Waals surface area (Å²) in [4.78, 5) is 26.3. The van der Waals surface area contributed by atoms with Crippen molar-refractivity contribution in [2.24, 2.45) is 0 Å². The third-order valence-corrected chi connectivity index (χ3v) is 7.62. The zero-order valence-corrected chi connectivity index (χ0v) is 18.6. The van der Waals surface area contributed by atoms with E-state index in [2.05, 4.69) is 10.0 Å². The molecular weight excluding hydrogens is 418 g/mol. The van der Waals surface area contributed by atoms with E-state index in [-0.39, 0.29) is 41.0 Å². The van der Waals surface area contributed by atoms with Crippen molar-refractivity contribution in [2.45, 2.75) is 44.2 Å². The first-order chi connectivity index (χ1) is 13.2. The molecule has 0 bridgehead atoms. The van der Waals surface area contributed by atoms with Crippen molar-refractivity contribution in [3.63, 3.8) is 0 Å². The van der Waals surface area contributed by atoms with Gasteiger partial charge in [0.05, 0.1) is 16.4 Å². The van der Waals surface area contributed by atoms with Crippen LogP contribution in [0.5, 0.6) is 0 Å². The van der Waals surface area contributed by atoms with Gasteiger partial charge in [0.2, 0.25) is 15.9 Å². The third-order valence-electron chi connectivity index (χ3n) is 4.24. The predicted molar refractivity (Wildman–Crippen MR) is 109 cm³/mol. The smallest absolute Gasteiger partial charge is 0.251 e. The predicted octanol–water partition coefficient (Wildman–Crippen LogP) is 0.139. The zero-order valence-electron chi connectivity index (χ0n) is 16.9. The van der Waals surface area contributed by atoms with Crippen LogP contribution in [0, 0.1) is 0 Å². The van der Waals surface area contributed by atoms with Crippen LogP contribution >= 0.6 is 0 Å². The number of hydrogen-bond acceptors (Lipinski definition) is 6. The average Bonchev–Trinajstić information content (AvgIpc) is 2.59. The summed E-state index contributed by atoms with van der Waals surface area (Å²) in [5, 5.41) is 2.57. The molecule has 1 aromatic rings. The maximum atomic E-state index is 12.4. The van der Waals surface area contributed by atoms with Gasteiger partial charge in [0.25, 0.3) is 5.91 Å². The molecule has 0 spiro atoms. The monoisotopic (exact) mass is 445 g/mol. The van der Waals surface area contributed by atoms with Crippen LogP contribution in [0.3, 0.4) is 0 Å². The van der Waals surface area contributed by atoms with Crippen molar-refractivity contribution >= 4 is 31.7 Å². The van der Waals surface area contributed by atoms with Gasteiger partial charge in [-0.3, -0.25) is 9.59 Å². The van der Waals surface area contributed by atoms with Crippen LogP contribution in [0.15, 0.2) is 29.2 Å². The van der Waals surface area contributed by atoms with Crippen LogP contribution in [0.1, 0.15) is 38.1 Å². The van der Waals surface area contributed by atoms with Gasteiger partial charge in [0.15, 0.2) is 9.84 Å². The van der Waals surface area contributed by atoms with Crippen LogP contribution in [0.25, 0.3) is 0 Å². The van der Waals surface area contributed by atoms with Crippen LogP contribution < -0.4 is 10.0 Å². The van der Waals surface area contributed by atoms with E-state index in [1.54, 1.807) is 20.8 Å². The highest BCUT2D eigenvalue weighted by atomic mass is 32.2. The lowest BCUT2D eigenvalue weighted by atomic mass is 10.1. The Morgan fingerprint density at radius 2 is 1.59 bits per heavy atom. The molecule has 1 aliphatic heterocycles. The number of benzene rings is 1. The molecule has 0 aromatic heterocycles. The lowest BCUT2D eigenvalue weighted by Crippen LogP contribution is -2.51. The van der Waals surface area contributed by atoms with Gasteiger partial charge in [-0.15, -0.1) is 0 Å². The van der Waals surface area contributed by atoms with Crippen molar-refractivity contribution in [3.05, 3.63) is 29.8 Å². The number of hydrogen-bond donors (Lipinski definition) is 2. The molecule has 11 heteroatoms. The van der Waals surface area contributed by atoms with Crippen molar-refractivity contribution in [2.75, 3.05) is 24.6 Å². The second-order valence-electron chi connectivity index (χ2n) is 8.05. The molecule has 2 amide bonds. The van der Waals surface area contributed by atoms with Gasteiger partial charge in [0.1, 0.15) is 6.04 Å². The second kappa shape index (κ2) is 8.41. The molecule has 9 nitrogen and oxygen atoms in total. The van der Waals surface area contributed by atoms with Gasteiger partial charge in [-0.1, -0.05) is 0 Å². The van der Waals surface area contributed by atoms with E-state index in [1.807, 2.05) is 0 Å². The molecule has 1 saturated heterocycles. The number of rotatable bonds is 5. The highest BCUT2D eigenvalue weighted by molar-refractivity contribution is 7.91. The molecule has 1 heterocycles. The van der Waals surface area contributed by atoms with E-state index in [0.29, 0.717) is 0 Å². The number of carbonyl (C=O) groups is 2. The Morgan fingerprint density at radius 1 is 1.07 bits per heavy atom. The summed E-state index contributed by atoms with van der Waals surface area (Å²) in [6.45, 7) is 6.91. The quantitative estimate of drug-likeness (QED) is 0.663. The van der Waals surface area contributed by atoms with Gasteiger partial charge in [-0.25, -0.2) is 21.6 Å². The van der Waals surface area contributed by atoms with Gasteiger partial charge >= 0.3 is 0 Å². The summed E-state index contributed by atoms with van der Waals surface area (Å²) < 4.78 is 50.1. The normalized spacial score (nSPS) is 18.1. The molecular formula is C18H27N3O6S2. The van der Waals surface area contributed by atoms with Gasteiger partial charge in [-0.05, 0) is 52.0 Å². The second-order valence-corrected chi connectivity index (χ2v) is 12.0. The van der Waals surface area contributed by atoms with Crippen molar-refractivity contribution in [1.29, 1.82) is 0 Å². The van der Waals surface area contributed by atoms with Crippen molar-refractivity contribution < 1.29 is 26.4 Å². The molecule has 1 unspecified atom stereocenters. The van der Waals surface area contributed by atoms with Crippen LogP contribution in [-0.4, -0.2) is 69.7 Å². The Kier molecular flexibility index (Phi) is 6.75. The van der Waals surface area contributed by atoms with Crippen LogP contribution in [0.2, 0.25) is 0 Å². The topological polar surface area (TPSA) is 130 Å². The molecule has 1 fully saturated rings. The largest absolute Gasteiger partial charge is 0.341 e. The van der Waals surface area contributed by atoms with Crippen molar-refractivity contribution in [3.8, 4) is 0 Å². The summed E-state index contributed by atoms with van der Waals surface area (Å²) in [5.74, 6) is -1.05. The van der Waals surface area contributed by atoms with E-state index < -0.39 is 37.3 Å². The number of sulfone groups is 1. The standard InChI is InChI=1S/C18H27N3O6S2/c1-13(17(23)21-9-11-28(24,25)12-10-21)19-16(22)14-5-7-15(8-6-14)29(26,27)20-18(2,3)4/h5-8,13,20H,9-12H2,1-4H3,(H,19,22). The van der Waals surface area contributed by atoms with E-state index in [0.717, 1.165) is 0 Å². The summed E-state index contributed by atoms with van der Waals surface area (Å²) in [6, 6.07) is 4.55. The third kappa shape index (κ3) is 6.51. The number of carbonyl (C=O) groups excluding carboxylic acids is 2. The fraction of sp³-hybridized carbons (Fsp3) is 0.556. The minimum absolute atomic E-state index is 0.0302. The van der Waals surface area contributed by atoms with Crippen LogP contribution in [-0.2, 0) is 24.7 Å². The van der Waals surface area contributed by atoms with Gasteiger partial charge in [-0.2, -0.15) is 0 Å². The molecule has 0 aliphatic carbocycles. The maximum Gasteiger partial charge on any atom is 0.251 e. The molecule has 1 atom stereocenters. The highest BCUT2D eigenvalue weighted by Crippen LogP contribution is 2.14. The molecule has 0 radical (unpaired) electrons. The SMILES string of the molecule is CC(NC(=O)c1ccc(S(=O)(=O)NC(C)(C)C)cc1)C(=O)N1CCS(=O)(=O)CC1. The lowest BCUT2D eigenvalue weighted by Gasteiger charge is -2.29. The molecule has 29 heavy (non-hydrogen) atoms. The number of nitrogens with one attached hydrogen (secondary N) is 2. The van der Waals surface area contributed by atoms with E-state index in [9.17, 15) is 26.4 Å². The van der Waals surface area contributed by atoms with Gasteiger partial charge in [0, 0.05) is 24.2 Å². The fourth-order valence-electron chi connectivity index (χ4n) is 2.80. The Morgan fingerprint density at radius 3 is 2.07 bits per heavy atom. The van der Waals surface area contributed by atoms with Crippen LogP contribution in [0.4, 0.5) is 0 Å². The van der Waals surface area contributed by atoms with Gasteiger partial charge < -0.3 is 10.2 Å². The average molecular weight is 446 g/mol. The molecule has 1 aliphatic rings. The van der Waals surface area contributed by atoms with E-state index >= 15 is 0 Å². The maximum absolute atomic E-state index is 12.4. The van der Waals surface area contributed by atoms with E-state index in [4.69, 9.17) is 0 Å². The molecule has 0 saturated carbocycles. The number of sulfonamides is 1. The molecule has 1 aromatic carbocycles. The Bertz CT molecular complexity index is 965. The summed E-state index contributed by atoms with van der Waals surface area (Å²) in [5.41, 5.74) is -0.432. The number of amides is 2. The molecule has 2 N–H and O–H groups in total. The summed E-state index contributed by atoms with van der Waals surface area (Å²) in [7, 11) is -6.82. The summed E-state index contributed by atoms with van der Waals surface area (Å²) in [6.07, 6.45) is 0. The fourth-order valence-corrected chi connectivity index (χ4v) is 5.42. The first-order valence-corrected chi connectivity index (χ1v) is 12.4. The van der Waals surface area contributed by atoms with Crippen molar-refractivity contribution in [1.82, 2.24) is 14.9 Å². The highest BCUT2D eigenvalue weighted by Gasteiger charge is 2.29. The summed E-state index contributed by atoms with van der Waals surface area (Å²) >= 11 is 0. The first kappa shape index (κ1) is 23.3. The zero-order chi connectivity index (χ0) is 22.0. The minimum Gasteiger partial charge on any atom is -0.341 e. The number of nitrogens with zero attached hydrogens (tertiary/aromatic N) is 1. The first-order valence-electron chi connectivity index (χ1n) is 9.14. The Hall–Kier alpha value is -1.98. The molecule has 2 rings (SSSR count). The minimum atomic E-state index is -3.71. The van der Waals surface area contributed by atoms with E-state index in [1.165, 1.54) is 36.1 Å².